The third-order valence-corrected chi connectivity index (χ3v) is 6.77. The number of thiazole rings is 1. The van der Waals surface area contributed by atoms with E-state index >= 15 is 0 Å². The Kier molecular flexibility index (Phi) is 8.11. The molecule has 0 saturated carbocycles. The minimum Gasteiger partial charge on any atom is -0.467 e. The van der Waals surface area contributed by atoms with Crippen LogP contribution in [-0.4, -0.2) is 71.6 Å². The Morgan fingerprint density at radius 2 is 2.03 bits per heavy atom. The minimum atomic E-state index is -0.275. The Morgan fingerprint density at radius 1 is 1.23 bits per heavy atom. The summed E-state index contributed by atoms with van der Waals surface area (Å²) in [6.07, 6.45) is 1.52. The molecule has 0 spiro atoms. The molecule has 0 aliphatic carbocycles. The van der Waals surface area contributed by atoms with E-state index < -0.39 is 0 Å². The number of para-hydroxylation sites is 1. The van der Waals surface area contributed by atoms with Gasteiger partial charge in [-0.1, -0.05) is 35.1 Å². The normalized spacial score (nSPS) is 14.0. The number of hydrogen-bond donors (Lipinski definition) is 2. The number of rotatable bonds is 9. The summed E-state index contributed by atoms with van der Waals surface area (Å²) in [5.74, 6) is 1.79. The van der Waals surface area contributed by atoms with Crippen molar-refractivity contribution in [3.05, 3.63) is 51.7 Å². The lowest BCUT2D eigenvalue weighted by molar-refractivity contribution is -0.129. The van der Waals surface area contributed by atoms with Gasteiger partial charge in [0.05, 0.1) is 16.9 Å². The number of amides is 1. The fourth-order valence-corrected chi connectivity index (χ4v) is 4.71. The van der Waals surface area contributed by atoms with Crippen LogP contribution in [0.15, 0.2) is 30.5 Å². The lowest BCUT2D eigenvalue weighted by Gasteiger charge is -2.35. The summed E-state index contributed by atoms with van der Waals surface area (Å²) in [7, 11) is 0. The number of anilines is 4. The third-order valence-electron chi connectivity index (χ3n) is 5.54. The number of hydrogen-bond acceptors (Lipinski definition) is 10. The summed E-state index contributed by atoms with van der Waals surface area (Å²) in [6, 6.07) is 7.34. The van der Waals surface area contributed by atoms with Gasteiger partial charge in [-0.05, 0) is 25.5 Å². The zero-order chi connectivity index (χ0) is 24.8. The van der Waals surface area contributed by atoms with Crippen molar-refractivity contribution in [3.63, 3.8) is 0 Å². The highest BCUT2D eigenvalue weighted by molar-refractivity contribution is 7.17. The third kappa shape index (κ3) is 6.44. The van der Waals surface area contributed by atoms with Crippen LogP contribution in [0.3, 0.4) is 0 Å². The van der Waals surface area contributed by atoms with E-state index in [-0.39, 0.29) is 5.91 Å². The molecule has 0 atom stereocenters. The lowest BCUT2D eigenvalue weighted by Crippen LogP contribution is -2.47. The van der Waals surface area contributed by atoms with E-state index in [0.717, 1.165) is 44.1 Å². The Bertz CT molecular complexity index is 1180. The fraction of sp³-hybridized carbons (Fsp3) is 0.348. The second kappa shape index (κ2) is 11.4. The van der Waals surface area contributed by atoms with Crippen LogP contribution in [0.2, 0.25) is 5.02 Å². The highest BCUT2D eigenvalue weighted by Crippen LogP contribution is 2.28. The molecule has 1 amide bonds. The molecule has 3 heterocycles. The summed E-state index contributed by atoms with van der Waals surface area (Å²) in [5.41, 5.74) is 1.47. The van der Waals surface area contributed by atoms with Crippen molar-refractivity contribution >= 4 is 57.8 Å². The molecule has 3 aromatic rings. The van der Waals surface area contributed by atoms with Crippen molar-refractivity contribution in [2.75, 3.05) is 54.9 Å². The van der Waals surface area contributed by atoms with E-state index in [9.17, 15) is 9.59 Å². The number of benzene rings is 1. The van der Waals surface area contributed by atoms with Crippen molar-refractivity contribution in [3.8, 4) is 0 Å². The predicted molar refractivity (Wildman–Crippen MR) is 137 cm³/mol. The Hall–Kier alpha value is -3.28. The van der Waals surface area contributed by atoms with Gasteiger partial charge in [-0.25, -0.2) is 15.0 Å². The van der Waals surface area contributed by atoms with Gasteiger partial charge in [0.1, 0.15) is 28.9 Å². The van der Waals surface area contributed by atoms with E-state index in [1.807, 2.05) is 32.0 Å². The lowest BCUT2D eigenvalue weighted by atomic mass is 10.2. The molecule has 1 aliphatic rings. The number of nitrogens with one attached hydrogen (secondary N) is 2. The Labute approximate surface area is 212 Å². The van der Waals surface area contributed by atoms with E-state index in [4.69, 9.17) is 16.3 Å². The first kappa shape index (κ1) is 24.8. The number of nitrogens with zero attached hydrogens (tertiary/aromatic N) is 5. The molecule has 4 rings (SSSR count). The van der Waals surface area contributed by atoms with E-state index in [1.54, 1.807) is 6.07 Å². The second-order valence-corrected chi connectivity index (χ2v) is 9.43. The van der Waals surface area contributed by atoms with Crippen molar-refractivity contribution in [2.24, 2.45) is 0 Å². The number of piperazine rings is 1. The van der Waals surface area contributed by atoms with Crippen LogP contribution in [0, 0.1) is 13.8 Å². The van der Waals surface area contributed by atoms with E-state index in [0.29, 0.717) is 45.4 Å². The van der Waals surface area contributed by atoms with Gasteiger partial charge in [-0.15, -0.1) is 0 Å². The molecule has 1 fully saturated rings. The Morgan fingerprint density at radius 3 is 2.77 bits per heavy atom. The summed E-state index contributed by atoms with van der Waals surface area (Å²) in [5, 5.41) is 7.09. The van der Waals surface area contributed by atoms with Crippen LogP contribution in [0.25, 0.3) is 0 Å². The van der Waals surface area contributed by atoms with Gasteiger partial charge >= 0.3 is 0 Å². The first-order chi connectivity index (χ1) is 16.9. The molecule has 1 saturated heterocycles. The van der Waals surface area contributed by atoms with Crippen LogP contribution in [-0.2, 0) is 9.53 Å². The number of aromatic nitrogens is 3. The summed E-state index contributed by atoms with van der Waals surface area (Å²) >= 11 is 7.45. The maximum atomic E-state index is 12.7. The molecule has 0 unspecified atom stereocenters. The molecule has 35 heavy (non-hydrogen) atoms. The molecule has 184 valence electrons. The van der Waals surface area contributed by atoms with Crippen LogP contribution in [0.4, 0.5) is 22.5 Å². The number of halogens is 1. The molecule has 2 N–H and O–H groups in total. The molecule has 1 aliphatic heterocycles. The standard InChI is InChI=1S/C23H26ClN7O3S/c1-15-4-3-5-17(24)21(15)29-22(33)18-13-25-23(35-18)28-19-12-20(27-16(2)26-19)31-8-6-30(7-9-31)10-11-34-14-32/h3-5,12-14H,6-11H2,1-2H3,(H,29,33)(H,25,26,27,28). The topological polar surface area (TPSA) is 113 Å². The fourth-order valence-electron chi connectivity index (χ4n) is 3.72. The summed E-state index contributed by atoms with van der Waals surface area (Å²) in [4.78, 5) is 41.3. The van der Waals surface area contributed by atoms with Gasteiger partial charge in [0.15, 0.2) is 5.13 Å². The minimum absolute atomic E-state index is 0.275. The molecular weight excluding hydrogens is 490 g/mol. The highest BCUT2D eigenvalue weighted by atomic mass is 35.5. The van der Waals surface area contributed by atoms with Gasteiger partial charge < -0.3 is 20.3 Å². The van der Waals surface area contributed by atoms with Crippen LogP contribution in [0.1, 0.15) is 21.1 Å². The quantitative estimate of drug-likeness (QED) is 0.326. The van der Waals surface area contributed by atoms with Gasteiger partial charge in [0, 0.05) is 38.8 Å². The summed E-state index contributed by atoms with van der Waals surface area (Å²) < 4.78 is 4.79. The molecule has 0 radical (unpaired) electrons. The average Bonchev–Trinajstić information content (AvgIpc) is 3.30. The predicted octanol–water partition coefficient (Wildman–Crippen LogP) is 3.49. The Balaban J connectivity index is 1.39. The number of ether oxygens (including phenoxy) is 1. The van der Waals surface area contributed by atoms with Crippen molar-refractivity contribution in [2.45, 2.75) is 13.8 Å². The molecule has 1 aromatic carbocycles. The second-order valence-electron chi connectivity index (χ2n) is 7.99. The van der Waals surface area contributed by atoms with Gasteiger partial charge in [-0.3, -0.25) is 14.5 Å². The molecular formula is C23H26ClN7O3S. The van der Waals surface area contributed by atoms with Crippen molar-refractivity contribution in [1.82, 2.24) is 19.9 Å². The van der Waals surface area contributed by atoms with Crippen LogP contribution < -0.4 is 15.5 Å². The first-order valence-corrected chi connectivity index (χ1v) is 12.3. The molecule has 10 nitrogen and oxygen atoms in total. The van der Waals surface area contributed by atoms with Gasteiger partial charge in [0.2, 0.25) is 0 Å². The smallest absolute Gasteiger partial charge is 0.293 e. The maximum Gasteiger partial charge on any atom is 0.293 e. The monoisotopic (exact) mass is 515 g/mol. The number of aryl methyl sites for hydroxylation is 2. The number of carbonyl (C=O) groups is 2. The van der Waals surface area contributed by atoms with E-state index in [2.05, 4.69) is 35.4 Å². The average molecular weight is 516 g/mol. The van der Waals surface area contributed by atoms with Gasteiger partial charge in [-0.2, -0.15) is 0 Å². The van der Waals surface area contributed by atoms with Gasteiger partial charge in [0.25, 0.3) is 12.4 Å². The first-order valence-electron chi connectivity index (χ1n) is 11.1. The molecule has 2 aromatic heterocycles. The van der Waals surface area contributed by atoms with Crippen molar-refractivity contribution < 1.29 is 14.3 Å². The van der Waals surface area contributed by atoms with Crippen molar-refractivity contribution in [1.29, 1.82) is 0 Å². The van der Waals surface area contributed by atoms with Crippen LogP contribution >= 0.6 is 22.9 Å². The molecule has 0 bridgehead atoms. The SMILES string of the molecule is Cc1nc(Nc2ncc(C(=O)Nc3c(C)cccc3Cl)s2)cc(N2CCN(CCOC=O)CC2)n1. The highest BCUT2D eigenvalue weighted by Gasteiger charge is 2.19. The summed E-state index contributed by atoms with van der Waals surface area (Å²) in [6.45, 7) is 8.64. The van der Waals surface area contributed by atoms with Crippen LogP contribution in [0.5, 0.6) is 0 Å². The maximum absolute atomic E-state index is 12.7. The molecule has 12 heteroatoms. The van der Waals surface area contributed by atoms with E-state index in [1.165, 1.54) is 17.5 Å². The number of carbonyl (C=O) groups excluding carboxylic acids is 2. The largest absolute Gasteiger partial charge is 0.467 e. The zero-order valence-electron chi connectivity index (χ0n) is 19.5. The zero-order valence-corrected chi connectivity index (χ0v) is 21.0.